The number of allylic oxidation sites excluding steroid dienone is 1. The molecule has 1 N–H and O–H groups in total. The van der Waals surface area contributed by atoms with E-state index in [2.05, 4.69) is 5.32 Å². The van der Waals surface area contributed by atoms with E-state index < -0.39 is 0 Å². The van der Waals surface area contributed by atoms with Crippen molar-refractivity contribution in [3.8, 4) is 5.75 Å². The van der Waals surface area contributed by atoms with Crippen LogP contribution in [0.2, 0.25) is 0 Å². The highest BCUT2D eigenvalue weighted by molar-refractivity contribution is 6.00. The third-order valence-corrected chi connectivity index (χ3v) is 4.67. The maximum atomic E-state index is 12.3. The molecule has 1 heterocycles. The van der Waals surface area contributed by atoms with Crippen molar-refractivity contribution in [1.82, 2.24) is 0 Å². The van der Waals surface area contributed by atoms with Crippen molar-refractivity contribution in [2.75, 3.05) is 18.5 Å². The van der Waals surface area contributed by atoms with Gasteiger partial charge >= 0.3 is 0 Å². The predicted molar refractivity (Wildman–Crippen MR) is 95.3 cm³/mol. The maximum absolute atomic E-state index is 12.3. The third-order valence-electron chi connectivity index (χ3n) is 4.67. The van der Waals surface area contributed by atoms with Gasteiger partial charge in [-0.1, -0.05) is 24.1 Å². The van der Waals surface area contributed by atoms with Gasteiger partial charge in [0.05, 0.1) is 11.8 Å². The number of para-hydroxylation sites is 2. The molecule has 4 nitrogen and oxygen atoms in total. The standard InChI is InChI=1S/C20H27NO3/c22-20(14-16-8-2-1-3-9-16)21-18-11-4-5-12-19(18)24-15-17-10-6-7-13-23-17/h4-5,11-12,14,17H,1-3,6-10,13,15H2,(H,21,22)/t17-/m0/s1. The van der Waals surface area contributed by atoms with E-state index in [1.54, 1.807) is 6.08 Å². The van der Waals surface area contributed by atoms with Crippen molar-refractivity contribution in [3.05, 3.63) is 35.9 Å². The molecule has 24 heavy (non-hydrogen) atoms. The lowest BCUT2D eigenvalue weighted by Gasteiger charge is -2.23. The minimum Gasteiger partial charge on any atom is -0.489 e. The fraction of sp³-hybridized carbons (Fsp3) is 0.550. The van der Waals surface area contributed by atoms with Crippen molar-refractivity contribution in [1.29, 1.82) is 0 Å². The molecule has 0 radical (unpaired) electrons. The Bertz CT molecular complexity index is 568. The molecular formula is C20H27NO3. The van der Waals surface area contributed by atoms with E-state index in [1.807, 2.05) is 24.3 Å². The van der Waals surface area contributed by atoms with E-state index in [1.165, 1.54) is 31.3 Å². The lowest BCUT2D eigenvalue weighted by atomic mass is 9.94. The summed E-state index contributed by atoms with van der Waals surface area (Å²) in [6.07, 6.45) is 11.1. The summed E-state index contributed by atoms with van der Waals surface area (Å²) in [6.45, 7) is 1.36. The summed E-state index contributed by atoms with van der Waals surface area (Å²) in [5.41, 5.74) is 1.98. The monoisotopic (exact) mass is 329 g/mol. The number of ether oxygens (including phenoxy) is 2. The summed E-state index contributed by atoms with van der Waals surface area (Å²) in [6, 6.07) is 7.61. The number of amides is 1. The first-order valence-corrected chi connectivity index (χ1v) is 9.15. The molecule has 0 unspecified atom stereocenters. The number of rotatable bonds is 5. The van der Waals surface area contributed by atoms with Crippen molar-refractivity contribution in [2.45, 2.75) is 57.5 Å². The topological polar surface area (TPSA) is 47.6 Å². The van der Waals surface area contributed by atoms with Gasteiger partial charge in [-0.15, -0.1) is 0 Å². The highest BCUT2D eigenvalue weighted by Gasteiger charge is 2.16. The van der Waals surface area contributed by atoms with Gasteiger partial charge in [-0.25, -0.2) is 0 Å². The van der Waals surface area contributed by atoms with Gasteiger partial charge in [0.2, 0.25) is 5.91 Å². The third kappa shape index (κ3) is 5.10. The van der Waals surface area contributed by atoms with Crippen LogP contribution in [-0.4, -0.2) is 25.2 Å². The van der Waals surface area contributed by atoms with Gasteiger partial charge in [0.25, 0.3) is 0 Å². The SMILES string of the molecule is O=C(C=C1CCCCC1)Nc1ccccc1OC[C@@H]1CCCCO1. The van der Waals surface area contributed by atoms with Crippen LogP contribution in [0.15, 0.2) is 35.9 Å². The van der Waals surface area contributed by atoms with Gasteiger partial charge in [0, 0.05) is 12.7 Å². The molecule has 1 saturated heterocycles. The first-order valence-electron chi connectivity index (χ1n) is 9.15. The number of carbonyl (C=O) groups is 1. The highest BCUT2D eigenvalue weighted by Crippen LogP contribution is 2.26. The lowest BCUT2D eigenvalue weighted by molar-refractivity contribution is -0.112. The Hall–Kier alpha value is -1.81. The quantitative estimate of drug-likeness (QED) is 0.811. The Labute approximate surface area is 144 Å². The Kier molecular flexibility index (Phi) is 6.30. The maximum Gasteiger partial charge on any atom is 0.248 e. The molecule has 1 aliphatic carbocycles. The number of nitrogens with one attached hydrogen (secondary N) is 1. The number of hydrogen-bond donors (Lipinski definition) is 1. The Morgan fingerprint density at radius 3 is 2.79 bits per heavy atom. The molecule has 0 spiro atoms. The minimum absolute atomic E-state index is 0.0585. The summed E-state index contributed by atoms with van der Waals surface area (Å²) in [4.78, 5) is 12.3. The first kappa shape index (κ1) is 17.0. The molecule has 2 aliphatic rings. The Morgan fingerprint density at radius 2 is 2.00 bits per heavy atom. The number of benzene rings is 1. The molecule has 1 amide bonds. The van der Waals surface area contributed by atoms with Gasteiger partial charge in [-0.2, -0.15) is 0 Å². The number of carbonyl (C=O) groups excluding carboxylic acids is 1. The van der Waals surface area contributed by atoms with Crippen LogP contribution in [0.3, 0.4) is 0 Å². The number of anilines is 1. The van der Waals surface area contributed by atoms with Crippen molar-refractivity contribution >= 4 is 11.6 Å². The van der Waals surface area contributed by atoms with E-state index in [0.29, 0.717) is 12.4 Å². The van der Waals surface area contributed by atoms with Crippen molar-refractivity contribution in [2.24, 2.45) is 0 Å². The molecule has 0 aromatic heterocycles. The van der Waals surface area contributed by atoms with Crippen LogP contribution in [0.25, 0.3) is 0 Å². The zero-order valence-corrected chi connectivity index (χ0v) is 14.3. The average molecular weight is 329 g/mol. The van der Waals surface area contributed by atoms with E-state index in [9.17, 15) is 4.79 Å². The zero-order chi connectivity index (χ0) is 16.6. The van der Waals surface area contributed by atoms with Crippen LogP contribution >= 0.6 is 0 Å². The molecule has 1 aliphatic heterocycles. The second-order valence-electron chi connectivity index (χ2n) is 6.65. The molecule has 1 aromatic rings. The molecule has 1 atom stereocenters. The fourth-order valence-electron chi connectivity index (χ4n) is 3.32. The average Bonchev–Trinajstić information content (AvgIpc) is 2.63. The van der Waals surface area contributed by atoms with Crippen LogP contribution in [0.1, 0.15) is 51.4 Å². The molecule has 4 heteroatoms. The van der Waals surface area contributed by atoms with Gasteiger partial charge in [0.1, 0.15) is 12.4 Å². The molecule has 3 rings (SSSR count). The summed E-state index contributed by atoms with van der Waals surface area (Å²) >= 11 is 0. The molecule has 1 saturated carbocycles. The normalized spacial score (nSPS) is 21.2. The smallest absolute Gasteiger partial charge is 0.248 e. The zero-order valence-electron chi connectivity index (χ0n) is 14.3. The van der Waals surface area contributed by atoms with Gasteiger partial charge in [-0.3, -0.25) is 4.79 Å². The fourth-order valence-corrected chi connectivity index (χ4v) is 3.32. The van der Waals surface area contributed by atoms with E-state index in [-0.39, 0.29) is 12.0 Å². The molecule has 1 aromatic carbocycles. The summed E-state index contributed by atoms with van der Waals surface area (Å²) in [5, 5.41) is 2.96. The summed E-state index contributed by atoms with van der Waals surface area (Å²) in [7, 11) is 0. The first-order chi connectivity index (χ1) is 11.8. The second kappa shape index (κ2) is 8.88. The van der Waals surface area contributed by atoms with E-state index >= 15 is 0 Å². The molecule has 0 bridgehead atoms. The van der Waals surface area contributed by atoms with Gasteiger partial charge in [0.15, 0.2) is 0 Å². The van der Waals surface area contributed by atoms with Crippen LogP contribution in [0.5, 0.6) is 5.75 Å². The minimum atomic E-state index is -0.0585. The highest BCUT2D eigenvalue weighted by atomic mass is 16.5. The van der Waals surface area contributed by atoms with Gasteiger partial charge < -0.3 is 14.8 Å². The summed E-state index contributed by atoms with van der Waals surface area (Å²) in [5.74, 6) is 0.652. The summed E-state index contributed by atoms with van der Waals surface area (Å²) < 4.78 is 11.6. The lowest BCUT2D eigenvalue weighted by Crippen LogP contribution is -2.26. The van der Waals surface area contributed by atoms with Crippen LogP contribution < -0.4 is 10.1 Å². The van der Waals surface area contributed by atoms with Gasteiger partial charge in [-0.05, 0) is 57.1 Å². The molecular weight excluding hydrogens is 302 g/mol. The predicted octanol–water partition coefficient (Wildman–Crippen LogP) is 4.46. The van der Waals surface area contributed by atoms with Crippen molar-refractivity contribution in [3.63, 3.8) is 0 Å². The van der Waals surface area contributed by atoms with Crippen LogP contribution in [0.4, 0.5) is 5.69 Å². The molecule has 130 valence electrons. The Morgan fingerprint density at radius 1 is 1.17 bits per heavy atom. The van der Waals surface area contributed by atoms with Crippen LogP contribution in [0, 0.1) is 0 Å². The van der Waals surface area contributed by atoms with Crippen molar-refractivity contribution < 1.29 is 14.3 Å². The number of hydrogen-bond acceptors (Lipinski definition) is 3. The largest absolute Gasteiger partial charge is 0.489 e. The Balaban J connectivity index is 1.57. The van der Waals surface area contributed by atoms with E-state index in [4.69, 9.17) is 9.47 Å². The van der Waals surface area contributed by atoms with E-state index in [0.717, 1.165) is 38.0 Å². The second-order valence-corrected chi connectivity index (χ2v) is 6.65. The van der Waals surface area contributed by atoms with Crippen LogP contribution in [-0.2, 0) is 9.53 Å². The molecule has 2 fully saturated rings.